The Hall–Kier alpha value is -0.160. The highest BCUT2D eigenvalue weighted by Crippen LogP contribution is 2.20. The summed E-state index contributed by atoms with van der Waals surface area (Å²) in [7, 11) is 0. The van der Waals surface area contributed by atoms with Crippen LogP contribution in [0.4, 0.5) is 0 Å². The average Bonchev–Trinajstić information content (AvgIpc) is 2.71. The van der Waals surface area contributed by atoms with Crippen LogP contribution in [0.25, 0.3) is 0 Å². The number of aliphatic hydroxyl groups is 1. The second-order valence-electron chi connectivity index (χ2n) is 4.43. The van der Waals surface area contributed by atoms with Crippen LogP contribution in [-0.2, 0) is 12.4 Å². The van der Waals surface area contributed by atoms with Gasteiger partial charge in [-0.05, 0) is 18.9 Å². The van der Waals surface area contributed by atoms with Crippen LogP contribution in [0.2, 0.25) is 0 Å². The van der Waals surface area contributed by atoms with Crippen molar-refractivity contribution in [3.63, 3.8) is 0 Å². The molecule has 1 aliphatic heterocycles. The first kappa shape index (κ1) is 12.3. The molecule has 1 fully saturated rings. The Bertz CT molecular complexity index is 344. The van der Waals surface area contributed by atoms with Crippen molar-refractivity contribution in [1.29, 1.82) is 0 Å². The molecule has 0 spiro atoms. The Kier molecular flexibility index (Phi) is 4.19. The molecule has 2 heterocycles. The van der Waals surface area contributed by atoms with Gasteiger partial charge in [0, 0.05) is 11.9 Å². The number of halogens is 1. The number of nitrogens with zero attached hydrogens (tertiary/aromatic N) is 2. The Morgan fingerprint density at radius 3 is 3.12 bits per heavy atom. The van der Waals surface area contributed by atoms with Gasteiger partial charge in [-0.15, -0.1) is 22.9 Å². The van der Waals surface area contributed by atoms with Crippen molar-refractivity contribution in [3.8, 4) is 0 Å². The van der Waals surface area contributed by atoms with Crippen LogP contribution in [0, 0.1) is 5.92 Å². The Morgan fingerprint density at radius 2 is 2.50 bits per heavy atom. The molecule has 0 aliphatic carbocycles. The van der Waals surface area contributed by atoms with Crippen LogP contribution < -0.4 is 0 Å². The van der Waals surface area contributed by atoms with Crippen molar-refractivity contribution >= 4 is 22.9 Å². The molecule has 5 heteroatoms. The normalized spacial score (nSPS) is 27.2. The summed E-state index contributed by atoms with van der Waals surface area (Å²) >= 11 is 7.37. The monoisotopic (exact) mass is 260 g/mol. The highest BCUT2D eigenvalue weighted by molar-refractivity contribution is 7.09. The van der Waals surface area contributed by atoms with Crippen molar-refractivity contribution in [2.45, 2.75) is 31.9 Å². The van der Waals surface area contributed by atoms with E-state index in [2.05, 4.69) is 16.8 Å². The van der Waals surface area contributed by atoms with Gasteiger partial charge in [0.2, 0.25) is 0 Å². The number of thiazole rings is 1. The fourth-order valence-corrected chi connectivity index (χ4v) is 3.00. The van der Waals surface area contributed by atoms with E-state index in [9.17, 15) is 5.11 Å². The van der Waals surface area contributed by atoms with Crippen LogP contribution in [0.1, 0.15) is 24.0 Å². The molecule has 1 saturated heterocycles. The molecular formula is C11H17ClN2OS. The molecule has 0 aromatic carbocycles. The number of alkyl halides is 1. The van der Waals surface area contributed by atoms with E-state index in [1.54, 1.807) is 11.3 Å². The SMILES string of the molecule is CC1CCN(Cc2nc(CCl)cs2)CC1O. The van der Waals surface area contributed by atoms with E-state index in [4.69, 9.17) is 11.6 Å². The second kappa shape index (κ2) is 5.45. The number of hydrogen-bond donors (Lipinski definition) is 1. The highest BCUT2D eigenvalue weighted by Gasteiger charge is 2.24. The van der Waals surface area contributed by atoms with Crippen LogP contribution in [-0.4, -0.2) is 34.2 Å². The molecule has 1 aromatic rings. The highest BCUT2D eigenvalue weighted by atomic mass is 35.5. The third kappa shape index (κ3) is 2.94. The van der Waals surface area contributed by atoms with Gasteiger partial charge < -0.3 is 5.11 Å². The first-order chi connectivity index (χ1) is 7.69. The molecular weight excluding hydrogens is 244 g/mol. The van der Waals surface area contributed by atoms with Crippen molar-refractivity contribution in [1.82, 2.24) is 9.88 Å². The first-order valence-electron chi connectivity index (χ1n) is 5.58. The molecule has 0 amide bonds. The number of aromatic nitrogens is 1. The Labute approximate surface area is 105 Å². The molecule has 2 unspecified atom stereocenters. The summed E-state index contributed by atoms with van der Waals surface area (Å²) in [4.78, 5) is 6.70. The lowest BCUT2D eigenvalue weighted by molar-refractivity contribution is 0.0259. The van der Waals surface area contributed by atoms with Crippen molar-refractivity contribution in [2.24, 2.45) is 5.92 Å². The molecule has 0 bridgehead atoms. The van der Waals surface area contributed by atoms with Crippen molar-refractivity contribution in [3.05, 3.63) is 16.1 Å². The zero-order chi connectivity index (χ0) is 11.5. The van der Waals surface area contributed by atoms with Crippen LogP contribution in [0.5, 0.6) is 0 Å². The van der Waals surface area contributed by atoms with Gasteiger partial charge in [-0.3, -0.25) is 4.90 Å². The van der Waals surface area contributed by atoms with E-state index in [1.165, 1.54) is 0 Å². The third-order valence-corrected chi connectivity index (χ3v) is 4.25. The molecule has 90 valence electrons. The van der Waals surface area contributed by atoms with Crippen LogP contribution >= 0.6 is 22.9 Å². The molecule has 0 saturated carbocycles. The minimum atomic E-state index is -0.193. The molecule has 1 N–H and O–H groups in total. The molecule has 16 heavy (non-hydrogen) atoms. The maximum absolute atomic E-state index is 9.80. The number of hydrogen-bond acceptors (Lipinski definition) is 4. The quantitative estimate of drug-likeness (QED) is 0.846. The minimum Gasteiger partial charge on any atom is -0.392 e. The lowest BCUT2D eigenvalue weighted by Crippen LogP contribution is -2.42. The maximum Gasteiger partial charge on any atom is 0.107 e. The van der Waals surface area contributed by atoms with Gasteiger partial charge in [-0.2, -0.15) is 0 Å². The predicted octanol–water partition coefficient (Wildman–Crippen LogP) is 2.08. The molecule has 1 aromatic heterocycles. The fraction of sp³-hybridized carbons (Fsp3) is 0.727. The fourth-order valence-electron chi connectivity index (χ4n) is 1.93. The average molecular weight is 261 g/mol. The maximum atomic E-state index is 9.80. The molecule has 1 aliphatic rings. The van der Waals surface area contributed by atoms with Crippen LogP contribution in [0.3, 0.4) is 0 Å². The minimum absolute atomic E-state index is 0.193. The molecule has 3 nitrogen and oxygen atoms in total. The summed E-state index contributed by atoms with van der Waals surface area (Å²) in [6.07, 6.45) is 0.871. The van der Waals surface area contributed by atoms with Gasteiger partial charge in [-0.1, -0.05) is 6.92 Å². The summed E-state index contributed by atoms with van der Waals surface area (Å²) in [6, 6.07) is 0. The lowest BCUT2D eigenvalue weighted by Gasteiger charge is -2.33. The smallest absolute Gasteiger partial charge is 0.107 e. The van der Waals surface area contributed by atoms with Gasteiger partial charge in [-0.25, -0.2) is 4.98 Å². The topological polar surface area (TPSA) is 36.4 Å². The Morgan fingerprint density at radius 1 is 1.69 bits per heavy atom. The summed E-state index contributed by atoms with van der Waals surface area (Å²) in [5.41, 5.74) is 0.951. The van der Waals surface area contributed by atoms with E-state index < -0.39 is 0 Å². The number of β-amino-alcohol motifs (C(OH)–C–C–N with tert-alkyl or cyclic N) is 1. The van der Waals surface area contributed by atoms with Gasteiger partial charge >= 0.3 is 0 Å². The molecule has 0 radical (unpaired) electrons. The number of rotatable bonds is 3. The van der Waals surface area contributed by atoms with Crippen molar-refractivity contribution in [2.75, 3.05) is 13.1 Å². The Balaban J connectivity index is 1.90. The van der Waals surface area contributed by atoms with Crippen LogP contribution in [0.15, 0.2) is 5.38 Å². The zero-order valence-electron chi connectivity index (χ0n) is 9.40. The van der Waals surface area contributed by atoms with Gasteiger partial charge in [0.25, 0.3) is 0 Å². The van der Waals surface area contributed by atoms with E-state index >= 15 is 0 Å². The summed E-state index contributed by atoms with van der Waals surface area (Å²) < 4.78 is 0. The molecule has 2 atom stereocenters. The number of aliphatic hydroxyl groups excluding tert-OH is 1. The summed E-state index contributed by atoms with van der Waals surface area (Å²) in [5, 5.41) is 12.9. The van der Waals surface area contributed by atoms with Crippen molar-refractivity contribution < 1.29 is 5.11 Å². The number of likely N-dealkylation sites (tertiary alicyclic amines) is 1. The van der Waals surface area contributed by atoms with Gasteiger partial charge in [0.1, 0.15) is 5.01 Å². The van der Waals surface area contributed by atoms with E-state index in [0.29, 0.717) is 11.8 Å². The van der Waals surface area contributed by atoms with Gasteiger partial charge in [0.05, 0.1) is 24.2 Å². The first-order valence-corrected chi connectivity index (χ1v) is 7.00. The summed E-state index contributed by atoms with van der Waals surface area (Å²) in [5.74, 6) is 0.904. The van der Waals surface area contributed by atoms with Gasteiger partial charge in [0.15, 0.2) is 0 Å². The van der Waals surface area contributed by atoms with E-state index in [-0.39, 0.29) is 6.10 Å². The second-order valence-corrected chi connectivity index (χ2v) is 5.64. The van der Waals surface area contributed by atoms with E-state index in [1.807, 2.05) is 5.38 Å². The molecule has 2 rings (SSSR count). The largest absolute Gasteiger partial charge is 0.392 e. The zero-order valence-corrected chi connectivity index (χ0v) is 11.0. The lowest BCUT2D eigenvalue weighted by atomic mass is 9.96. The summed E-state index contributed by atoms with van der Waals surface area (Å²) in [6.45, 7) is 4.76. The number of piperidine rings is 1. The van der Waals surface area contributed by atoms with E-state index in [0.717, 1.165) is 36.8 Å². The standard InChI is InChI=1S/C11H17ClN2OS/c1-8-2-3-14(5-10(8)15)6-11-13-9(4-12)7-16-11/h7-8,10,15H,2-6H2,1H3. The predicted molar refractivity (Wildman–Crippen MR) is 66.7 cm³/mol. The third-order valence-electron chi connectivity index (χ3n) is 3.10.